The van der Waals surface area contributed by atoms with Gasteiger partial charge in [-0.2, -0.15) is 5.26 Å². The average molecular weight is 587 g/mol. The van der Waals surface area contributed by atoms with Crippen LogP contribution in [0.5, 0.6) is 0 Å². The number of benzene rings is 3. The molecule has 5 nitrogen and oxygen atoms in total. The standard InChI is InChI=1S/C26H18BrCl2N3O2S/c27-18-7-9-19(10-8-18)32-25(34)23(13-17-6-11-21(28)22(29)12-17)35-26(32)20(14-30)24(33)31-15-16-4-2-1-3-5-16/h1-12,23H,13,15H2,(H,31,33). The Morgan fingerprint density at radius 1 is 1.03 bits per heavy atom. The fourth-order valence-corrected chi connectivity index (χ4v) is 5.45. The van der Waals surface area contributed by atoms with E-state index >= 15 is 0 Å². The van der Waals surface area contributed by atoms with Crippen molar-refractivity contribution in [2.75, 3.05) is 4.90 Å². The van der Waals surface area contributed by atoms with Crippen LogP contribution in [0.25, 0.3) is 0 Å². The molecule has 35 heavy (non-hydrogen) atoms. The molecule has 0 saturated carbocycles. The number of carbonyl (C=O) groups is 2. The van der Waals surface area contributed by atoms with Crippen molar-refractivity contribution in [1.29, 1.82) is 5.26 Å². The van der Waals surface area contributed by atoms with Gasteiger partial charge in [-0.3, -0.25) is 14.5 Å². The summed E-state index contributed by atoms with van der Waals surface area (Å²) in [7, 11) is 0. The fourth-order valence-electron chi connectivity index (χ4n) is 3.56. The molecule has 0 aromatic heterocycles. The van der Waals surface area contributed by atoms with E-state index in [0.29, 0.717) is 27.2 Å². The molecule has 0 bridgehead atoms. The van der Waals surface area contributed by atoms with Gasteiger partial charge in [0.05, 0.1) is 15.3 Å². The van der Waals surface area contributed by atoms with Gasteiger partial charge < -0.3 is 5.32 Å². The van der Waals surface area contributed by atoms with Gasteiger partial charge in [0.1, 0.15) is 16.7 Å². The Hall–Kier alpha value is -2.76. The Kier molecular flexibility index (Phi) is 8.19. The molecule has 1 aliphatic rings. The lowest BCUT2D eigenvalue weighted by atomic mass is 10.1. The Morgan fingerprint density at radius 2 is 1.74 bits per heavy atom. The lowest BCUT2D eigenvalue weighted by molar-refractivity contribution is -0.117. The Balaban J connectivity index is 1.67. The Bertz CT molecular complexity index is 1340. The maximum Gasteiger partial charge on any atom is 0.264 e. The molecule has 0 radical (unpaired) electrons. The SMILES string of the molecule is N#CC(C(=O)NCc1ccccc1)=C1SC(Cc2ccc(Cl)c(Cl)c2)C(=O)N1c1ccc(Br)cc1. The number of nitrogens with one attached hydrogen (secondary N) is 1. The molecule has 2 amide bonds. The zero-order chi connectivity index (χ0) is 24.9. The average Bonchev–Trinajstić information content (AvgIpc) is 3.17. The van der Waals surface area contributed by atoms with Crippen LogP contribution in [0, 0.1) is 11.3 Å². The summed E-state index contributed by atoms with van der Waals surface area (Å²) >= 11 is 16.8. The number of anilines is 1. The van der Waals surface area contributed by atoms with Gasteiger partial charge in [-0.15, -0.1) is 0 Å². The predicted molar refractivity (Wildman–Crippen MR) is 144 cm³/mol. The second-order valence-electron chi connectivity index (χ2n) is 7.67. The number of nitrogens with zero attached hydrogens (tertiary/aromatic N) is 2. The maximum absolute atomic E-state index is 13.5. The van der Waals surface area contributed by atoms with E-state index < -0.39 is 11.2 Å². The monoisotopic (exact) mass is 585 g/mol. The van der Waals surface area contributed by atoms with Crippen molar-refractivity contribution in [3.63, 3.8) is 0 Å². The first-order valence-electron chi connectivity index (χ1n) is 10.5. The number of thioether (sulfide) groups is 1. The minimum Gasteiger partial charge on any atom is -0.347 e. The smallest absolute Gasteiger partial charge is 0.264 e. The number of amides is 2. The van der Waals surface area contributed by atoms with E-state index in [2.05, 4.69) is 21.2 Å². The van der Waals surface area contributed by atoms with Crippen molar-refractivity contribution in [2.24, 2.45) is 0 Å². The quantitative estimate of drug-likeness (QED) is 0.264. The minimum atomic E-state index is -0.545. The molecule has 1 atom stereocenters. The maximum atomic E-state index is 13.5. The molecule has 3 aromatic rings. The number of carbonyl (C=O) groups excluding carboxylic acids is 2. The first-order chi connectivity index (χ1) is 16.9. The molecule has 1 unspecified atom stereocenters. The van der Waals surface area contributed by atoms with Crippen LogP contribution in [0.4, 0.5) is 5.69 Å². The van der Waals surface area contributed by atoms with Gasteiger partial charge in [-0.25, -0.2) is 0 Å². The molecule has 1 saturated heterocycles. The predicted octanol–water partition coefficient (Wildman–Crippen LogP) is 6.50. The molecule has 3 aromatic carbocycles. The lowest BCUT2D eigenvalue weighted by Crippen LogP contribution is -2.32. The largest absolute Gasteiger partial charge is 0.347 e. The highest BCUT2D eigenvalue weighted by Crippen LogP contribution is 2.42. The van der Waals surface area contributed by atoms with Crippen LogP contribution in [-0.2, 0) is 22.6 Å². The lowest BCUT2D eigenvalue weighted by Gasteiger charge is -2.19. The van der Waals surface area contributed by atoms with Crippen molar-refractivity contribution in [3.05, 3.63) is 109 Å². The topological polar surface area (TPSA) is 73.2 Å². The second-order valence-corrected chi connectivity index (χ2v) is 10.6. The zero-order valence-corrected chi connectivity index (χ0v) is 22.1. The summed E-state index contributed by atoms with van der Waals surface area (Å²) in [6.07, 6.45) is 0.362. The van der Waals surface area contributed by atoms with Crippen LogP contribution in [-0.4, -0.2) is 17.1 Å². The van der Waals surface area contributed by atoms with Crippen molar-refractivity contribution < 1.29 is 9.59 Å². The van der Waals surface area contributed by atoms with Crippen LogP contribution in [0.15, 0.2) is 87.9 Å². The van der Waals surface area contributed by atoms with Crippen LogP contribution >= 0.6 is 50.9 Å². The number of hydrogen-bond donors (Lipinski definition) is 1. The van der Waals surface area contributed by atoms with E-state index in [1.54, 1.807) is 36.4 Å². The number of nitriles is 1. The second kappa shape index (κ2) is 11.3. The van der Waals surface area contributed by atoms with Crippen molar-refractivity contribution in [2.45, 2.75) is 18.2 Å². The van der Waals surface area contributed by atoms with Crippen LogP contribution in [0.2, 0.25) is 10.0 Å². The van der Waals surface area contributed by atoms with Gasteiger partial charge in [-0.1, -0.05) is 87.3 Å². The molecule has 1 N–H and O–H groups in total. The number of halogens is 3. The van der Waals surface area contributed by atoms with Crippen LogP contribution in [0.3, 0.4) is 0 Å². The van der Waals surface area contributed by atoms with E-state index in [1.165, 1.54) is 16.7 Å². The third-order valence-electron chi connectivity index (χ3n) is 5.29. The molecule has 0 aliphatic carbocycles. The third-order valence-corrected chi connectivity index (χ3v) is 7.82. The summed E-state index contributed by atoms with van der Waals surface area (Å²) in [6.45, 7) is 0.266. The number of hydrogen-bond acceptors (Lipinski definition) is 4. The number of rotatable bonds is 6. The van der Waals surface area contributed by atoms with Crippen molar-refractivity contribution >= 4 is 68.4 Å². The summed E-state index contributed by atoms with van der Waals surface area (Å²) in [5.74, 6) is -0.758. The zero-order valence-electron chi connectivity index (χ0n) is 18.2. The molecule has 9 heteroatoms. The first kappa shape index (κ1) is 25.3. The van der Waals surface area contributed by atoms with Crippen LogP contribution < -0.4 is 10.2 Å². The molecule has 0 spiro atoms. The molecule has 1 fully saturated rings. The highest BCUT2D eigenvalue weighted by Gasteiger charge is 2.40. The summed E-state index contributed by atoms with van der Waals surface area (Å²) < 4.78 is 0.847. The van der Waals surface area contributed by atoms with E-state index in [1.807, 2.05) is 42.5 Å². The Labute approximate surface area is 225 Å². The molecule has 1 aliphatic heterocycles. The van der Waals surface area contributed by atoms with Gasteiger partial charge in [-0.05, 0) is 53.9 Å². The van der Waals surface area contributed by atoms with Gasteiger partial charge in [0.25, 0.3) is 5.91 Å². The van der Waals surface area contributed by atoms with E-state index in [0.717, 1.165) is 15.6 Å². The van der Waals surface area contributed by atoms with Crippen molar-refractivity contribution in [1.82, 2.24) is 5.32 Å². The molecular weight excluding hydrogens is 569 g/mol. The fraction of sp³-hybridized carbons (Fsp3) is 0.115. The molecule has 1 heterocycles. The molecule has 176 valence electrons. The van der Waals surface area contributed by atoms with E-state index in [-0.39, 0.29) is 18.0 Å². The molecular formula is C26H18BrCl2N3O2S. The van der Waals surface area contributed by atoms with Crippen molar-refractivity contribution in [3.8, 4) is 6.07 Å². The first-order valence-corrected chi connectivity index (χ1v) is 13.0. The summed E-state index contributed by atoms with van der Waals surface area (Å²) in [6, 6.07) is 23.8. The normalized spacial score (nSPS) is 16.7. The highest BCUT2D eigenvalue weighted by atomic mass is 79.9. The molecule has 4 rings (SSSR count). The summed E-state index contributed by atoms with van der Waals surface area (Å²) in [4.78, 5) is 28.0. The highest BCUT2D eigenvalue weighted by molar-refractivity contribution is 9.10. The van der Waals surface area contributed by atoms with Gasteiger partial charge in [0, 0.05) is 16.7 Å². The summed E-state index contributed by atoms with van der Waals surface area (Å²) in [5, 5.41) is 13.3. The summed E-state index contributed by atoms with van der Waals surface area (Å²) in [5.41, 5.74) is 2.19. The van der Waals surface area contributed by atoms with E-state index in [4.69, 9.17) is 23.2 Å². The van der Waals surface area contributed by atoms with E-state index in [9.17, 15) is 14.9 Å². The van der Waals surface area contributed by atoms with Gasteiger partial charge in [0.2, 0.25) is 5.91 Å². The van der Waals surface area contributed by atoms with Crippen LogP contribution in [0.1, 0.15) is 11.1 Å². The Morgan fingerprint density at radius 3 is 2.40 bits per heavy atom. The van der Waals surface area contributed by atoms with Gasteiger partial charge >= 0.3 is 0 Å². The minimum absolute atomic E-state index is 0.112. The third kappa shape index (κ3) is 5.91. The van der Waals surface area contributed by atoms with Gasteiger partial charge in [0.15, 0.2) is 0 Å².